The van der Waals surface area contributed by atoms with Gasteiger partial charge in [0.1, 0.15) is 42.2 Å². The van der Waals surface area contributed by atoms with Crippen LogP contribution < -0.4 is 43.9 Å². The Bertz CT molecular complexity index is 3820. The molecule has 3 aliphatic rings. The van der Waals surface area contributed by atoms with Gasteiger partial charge in [-0.1, -0.05) is 51.2 Å². The number of rotatable bonds is 28. The van der Waals surface area contributed by atoms with Gasteiger partial charge in [-0.2, -0.15) is 13.6 Å². The highest BCUT2D eigenvalue weighted by Gasteiger charge is 2.44. The fourth-order valence-electron chi connectivity index (χ4n) is 7.51. The van der Waals surface area contributed by atoms with E-state index in [1.807, 2.05) is 12.1 Å². The van der Waals surface area contributed by atoms with Crippen molar-refractivity contribution in [2.45, 2.75) is 44.1 Å². The number of carboxylic acids is 1. The molecule has 5 atom stereocenters. The van der Waals surface area contributed by atoms with Crippen molar-refractivity contribution in [1.82, 2.24) is 25.5 Å². The highest BCUT2D eigenvalue weighted by Crippen LogP contribution is 2.66. The number of phosphoric ester groups is 1. The van der Waals surface area contributed by atoms with E-state index in [4.69, 9.17) is 76.1 Å². The Labute approximate surface area is 496 Å². The van der Waals surface area contributed by atoms with Crippen molar-refractivity contribution >= 4 is 106 Å². The number of urea groups is 1. The number of amides is 2. The van der Waals surface area contributed by atoms with Crippen molar-refractivity contribution < 1.29 is 110 Å². The fourth-order valence-corrected chi connectivity index (χ4v) is 12.1. The Morgan fingerprint density at radius 2 is 1.65 bits per heavy atom. The molecule has 0 saturated carbocycles. The zero-order chi connectivity index (χ0) is 63.8. The van der Waals surface area contributed by atoms with Gasteiger partial charge in [0.25, 0.3) is 0 Å². The largest absolute Gasteiger partial charge is 0.490 e. The van der Waals surface area contributed by atoms with Crippen molar-refractivity contribution in [3.63, 3.8) is 0 Å². The maximum Gasteiger partial charge on any atom is 0.490 e. The molecule has 0 radical (unpaired) electrons. The number of fused-ring (bicyclic) bond motifs is 2. The Morgan fingerprint density at radius 3 is 2.34 bits per heavy atom. The third-order valence-corrected chi connectivity index (χ3v) is 16.8. The van der Waals surface area contributed by atoms with Gasteiger partial charge in [0.05, 0.1) is 36.4 Å². The van der Waals surface area contributed by atoms with E-state index in [2.05, 4.69) is 62.5 Å². The Hall–Kier alpha value is -7.01. The predicted molar refractivity (Wildman–Crippen MR) is 304 cm³/mol. The SMILES string of the molecule is C=C(NCCSSCOCCCCCNC(=O)NCC#Cc1cn([C@H]2C[C@@H](OCN=[N+]=[N-])[C@@H](COP(=O)(O)OP(=O)(O)OP(=O)(O)O)O2)c(=O)nc1N)c1ccc(C(=O)O)c(-c2c3ccc(=[NH2+])cc-3oc3cc(N)ccc23)c1.O=S(=O)=O.O=S(=O)=O. The molecule has 0 spiro atoms. The molecule has 42 heteroatoms. The van der Waals surface area contributed by atoms with Crippen LogP contribution in [0.25, 0.3) is 49.6 Å². The third kappa shape index (κ3) is 24.8. The molecule has 86 heavy (non-hydrogen) atoms. The van der Waals surface area contributed by atoms with Crippen LogP contribution in [-0.4, -0.2) is 135 Å². The molecule has 1 aromatic heterocycles. The van der Waals surface area contributed by atoms with Gasteiger partial charge >= 0.3 is 62.4 Å². The van der Waals surface area contributed by atoms with Crippen molar-refractivity contribution in [1.29, 1.82) is 0 Å². The molecule has 1 saturated heterocycles. The van der Waals surface area contributed by atoms with E-state index >= 15 is 0 Å². The van der Waals surface area contributed by atoms with Crippen molar-refractivity contribution in [3.8, 4) is 34.3 Å². The molecule has 1 fully saturated rings. The Balaban J connectivity index is 0.00000186. The number of ether oxygens (including phenoxy) is 3. The molecule has 2 unspecified atom stereocenters. The Morgan fingerprint density at radius 1 is 0.930 bits per heavy atom. The summed E-state index contributed by atoms with van der Waals surface area (Å²) in [6.45, 7) is 4.07. The van der Waals surface area contributed by atoms with E-state index < -0.39 is 94.1 Å². The summed E-state index contributed by atoms with van der Waals surface area (Å²) in [6.07, 6.45) is -0.434. The molecule has 2 amide bonds. The van der Waals surface area contributed by atoms with Gasteiger partial charge in [-0.25, -0.2) is 28.1 Å². The molecule has 1 aliphatic carbocycles. The fraction of sp³-hybridized carbons (Fsp3) is 0.341. The van der Waals surface area contributed by atoms with Crippen LogP contribution >= 0.6 is 45.1 Å². The molecule has 2 aromatic carbocycles. The molecule has 14 N–H and O–H groups in total. The molecule has 6 rings (SSSR count). The summed E-state index contributed by atoms with van der Waals surface area (Å²) in [5.41, 5.74) is 24.0. The first-order valence-electron chi connectivity index (χ1n) is 24.0. The van der Waals surface area contributed by atoms with Crippen molar-refractivity contribution in [2.24, 2.45) is 5.11 Å². The summed E-state index contributed by atoms with van der Waals surface area (Å²) >= 11 is 0. The summed E-state index contributed by atoms with van der Waals surface area (Å²) in [7, 11) is -20.1. The van der Waals surface area contributed by atoms with Gasteiger partial charge < -0.3 is 70.7 Å². The number of nitrogens with one attached hydrogen (secondary N) is 3. The van der Waals surface area contributed by atoms with E-state index in [0.29, 0.717) is 87.8 Å². The summed E-state index contributed by atoms with van der Waals surface area (Å²) in [6, 6.07) is 15.1. The lowest BCUT2D eigenvalue weighted by Crippen LogP contribution is -2.44. The zero-order valence-corrected chi connectivity index (χ0v) is 50.1. The number of phosphoric acid groups is 3. The van der Waals surface area contributed by atoms with Gasteiger partial charge in [0.2, 0.25) is 0 Å². The number of azide groups is 1. The van der Waals surface area contributed by atoms with Crippen LogP contribution in [0.5, 0.6) is 0 Å². The standard InChI is InChI=1S/C44H52N11O18P3S2.2O3S/c1-26(27-7-10-31(42(56)57)34(18-27)40-32-11-8-29(45)19-35(32)70-36-20-30(46)9-12-33(36)40)49-15-17-77-78-25-67-16-4-2-3-13-50-43(58)51-14-5-6-28-22-55(44(59)53-41(28)47)39-21-37(68-24-52-54-48)38(71-39)23-69-75(63,64)73-76(65,66)72-74(60,61)62;2*1-4(2)3/h7-12,18-20,22,37-39,45,49H,1-4,13-17,21,23-25,46H2,(H,56,57)(H,63,64)(H,65,66)(H2,47,53,59)(H2,50,51,58)(H2,60,61,62);;/p+1/t37-,38-,39-;;/m1../s1. The second-order valence-corrected chi connectivity index (χ2v) is 24.6. The van der Waals surface area contributed by atoms with Crippen LogP contribution in [0.3, 0.4) is 0 Å². The predicted octanol–water partition coefficient (Wildman–Crippen LogP) is 2.00. The van der Waals surface area contributed by atoms with Crippen molar-refractivity contribution in [2.75, 3.05) is 62.7 Å². The quantitative estimate of drug-likeness (QED) is 0.00326. The van der Waals surface area contributed by atoms with Crippen LogP contribution in [0, 0.1) is 11.8 Å². The molecular formula is C44H53N11O24P3S4+. The average molecular weight is 1340 g/mol. The smallest absolute Gasteiger partial charge is 0.478 e. The van der Waals surface area contributed by atoms with E-state index in [0.717, 1.165) is 23.2 Å². The van der Waals surface area contributed by atoms with E-state index in [1.54, 1.807) is 64.1 Å². The lowest BCUT2D eigenvalue weighted by molar-refractivity contribution is -0.172. The number of aromatic nitrogens is 2. The molecule has 3 heterocycles. The number of anilines is 2. The van der Waals surface area contributed by atoms with E-state index in [-0.39, 0.29) is 29.9 Å². The summed E-state index contributed by atoms with van der Waals surface area (Å²) in [4.78, 5) is 80.8. The molecule has 35 nitrogen and oxygen atoms in total. The number of aromatic carboxylic acids is 1. The summed E-state index contributed by atoms with van der Waals surface area (Å²) < 4.78 is 122. The molecule has 466 valence electrons. The highest BCUT2D eigenvalue weighted by atomic mass is 33.1. The zero-order valence-electron chi connectivity index (χ0n) is 44.1. The summed E-state index contributed by atoms with van der Waals surface area (Å²) in [5.74, 6) is 5.73. The first kappa shape index (κ1) is 71.5. The van der Waals surface area contributed by atoms with Gasteiger partial charge in [-0.15, -0.1) is 25.3 Å². The van der Waals surface area contributed by atoms with Gasteiger partial charge in [-0.3, -0.25) is 14.5 Å². The van der Waals surface area contributed by atoms with E-state index in [9.17, 15) is 43.0 Å². The normalized spacial score (nSPS) is 15.8. The number of nitrogens with two attached hydrogens (primary N) is 3. The number of unbranched alkanes of at least 4 members (excludes halogenated alkanes) is 2. The van der Waals surface area contributed by atoms with Crippen LogP contribution in [0.15, 0.2) is 81.7 Å². The number of carbonyl (C=O) groups excluding carboxylic acids is 1. The van der Waals surface area contributed by atoms with Crippen LogP contribution in [0.2, 0.25) is 0 Å². The van der Waals surface area contributed by atoms with Gasteiger partial charge in [-0.05, 0) is 66.3 Å². The first-order chi connectivity index (χ1) is 40.5. The maximum atomic E-state index is 12.8. The molecule has 0 bridgehead atoms. The lowest BCUT2D eigenvalue weighted by Gasteiger charge is -2.21. The second-order valence-electron chi connectivity index (χ2n) is 16.9. The lowest BCUT2D eigenvalue weighted by atomic mass is 9.89. The second kappa shape index (κ2) is 34.4. The number of nitrogens with zero attached hydrogens (tertiary/aromatic N) is 5. The molecule has 3 aromatic rings. The number of hydrogen-bond donors (Lipinski definition) is 11. The number of hydrogen-bond acceptors (Lipinski definition) is 26. The van der Waals surface area contributed by atoms with Crippen LogP contribution in [0.4, 0.5) is 16.3 Å². The maximum absolute atomic E-state index is 12.8. The van der Waals surface area contributed by atoms with Gasteiger partial charge in [0, 0.05) is 83.0 Å². The minimum atomic E-state index is -5.82. The van der Waals surface area contributed by atoms with Crippen LogP contribution in [-0.2, 0) is 62.3 Å². The number of carbonyl (C=O) groups is 2. The van der Waals surface area contributed by atoms with Gasteiger partial charge in [0.15, 0.2) is 5.36 Å². The van der Waals surface area contributed by atoms with Crippen LogP contribution in [0.1, 0.15) is 53.4 Å². The van der Waals surface area contributed by atoms with Crippen molar-refractivity contribution in [3.05, 3.63) is 110 Å². The molecular weight excluding hydrogens is 1290 g/mol. The summed E-state index contributed by atoms with van der Waals surface area (Å²) in [5, 5.41) is 29.3. The average Bonchev–Trinajstić information content (AvgIpc) is 0.907. The van der Waals surface area contributed by atoms with E-state index in [1.165, 1.54) is 6.20 Å². The Kier molecular flexibility index (Phi) is 28.6. The monoisotopic (exact) mass is 1340 g/mol. The minimum absolute atomic E-state index is 0.0455. The number of benzene rings is 3. The number of nitrogen functional groups attached to an aromatic ring is 2. The topological polar surface area (TPSA) is 555 Å². The molecule has 2 aliphatic heterocycles. The third-order valence-electron chi connectivity index (χ3n) is 10.9. The highest BCUT2D eigenvalue weighted by molar-refractivity contribution is 8.76. The number of carboxylic acid groups (broad SMARTS) is 1. The first-order valence-corrected chi connectivity index (χ1v) is 33.0. The minimum Gasteiger partial charge on any atom is -0.478 e.